The van der Waals surface area contributed by atoms with Crippen molar-refractivity contribution in [3.63, 3.8) is 0 Å². The van der Waals surface area contributed by atoms with E-state index in [1.54, 1.807) is 0 Å². The largest absolute Gasteiger partial charge is 0.425 e. The minimum atomic E-state index is -4.20. The lowest BCUT2D eigenvalue weighted by Gasteiger charge is -2.00. The van der Waals surface area contributed by atoms with Gasteiger partial charge in [-0.25, -0.2) is 0 Å². The van der Waals surface area contributed by atoms with Crippen LogP contribution in [-0.2, 0) is 12.6 Å². The van der Waals surface area contributed by atoms with Crippen LogP contribution in [0.15, 0.2) is 12.1 Å². The van der Waals surface area contributed by atoms with E-state index in [1.165, 1.54) is 6.07 Å². The summed E-state index contributed by atoms with van der Waals surface area (Å²) in [7, 11) is 0. The van der Waals surface area contributed by atoms with E-state index in [9.17, 15) is 13.2 Å². The van der Waals surface area contributed by atoms with E-state index in [0.29, 0.717) is 13.0 Å². The molecular formula is C8H10F3NS. The van der Waals surface area contributed by atoms with Crippen LogP contribution in [0, 0.1) is 0 Å². The highest BCUT2D eigenvalue weighted by molar-refractivity contribution is 7.12. The Kier molecular flexibility index (Phi) is 3.33. The van der Waals surface area contributed by atoms with E-state index in [0.717, 1.165) is 28.7 Å². The van der Waals surface area contributed by atoms with Gasteiger partial charge in [-0.1, -0.05) is 0 Å². The van der Waals surface area contributed by atoms with Gasteiger partial charge in [0.2, 0.25) is 0 Å². The van der Waals surface area contributed by atoms with Gasteiger partial charge in [0, 0.05) is 4.88 Å². The zero-order chi connectivity index (χ0) is 9.90. The van der Waals surface area contributed by atoms with Crippen molar-refractivity contribution < 1.29 is 13.2 Å². The average molecular weight is 209 g/mol. The van der Waals surface area contributed by atoms with Crippen LogP contribution in [0.25, 0.3) is 0 Å². The molecule has 0 aliphatic rings. The summed E-state index contributed by atoms with van der Waals surface area (Å²) >= 11 is 0.799. The molecule has 0 amide bonds. The lowest BCUT2D eigenvalue weighted by atomic mass is 10.3. The monoisotopic (exact) mass is 209 g/mol. The molecule has 2 N–H and O–H groups in total. The third-order valence-corrected chi connectivity index (χ3v) is 2.76. The molecule has 1 nitrogen and oxygen atoms in total. The second-order valence-electron chi connectivity index (χ2n) is 2.66. The molecule has 0 spiro atoms. The summed E-state index contributed by atoms with van der Waals surface area (Å²) in [6.45, 7) is 0.513. The van der Waals surface area contributed by atoms with Crippen LogP contribution >= 0.6 is 11.3 Å². The SMILES string of the molecule is NCCCc1ccc(C(F)(F)F)s1. The summed E-state index contributed by atoms with van der Waals surface area (Å²) in [5, 5.41) is 0. The average Bonchev–Trinajstić information content (AvgIpc) is 2.47. The Balaban J connectivity index is 2.64. The summed E-state index contributed by atoms with van der Waals surface area (Å²) in [5.41, 5.74) is 5.25. The highest BCUT2D eigenvalue weighted by atomic mass is 32.1. The van der Waals surface area contributed by atoms with Crippen molar-refractivity contribution in [1.82, 2.24) is 0 Å². The Hall–Kier alpha value is -0.550. The number of nitrogens with two attached hydrogens (primary N) is 1. The van der Waals surface area contributed by atoms with Crippen molar-refractivity contribution in [3.8, 4) is 0 Å². The fourth-order valence-corrected chi connectivity index (χ4v) is 1.86. The number of thiophene rings is 1. The molecule has 0 bridgehead atoms. The van der Waals surface area contributed by atoms with Crippen LogP contribution in [0.4, 0.5) is 13.2 Å². The van der Waals surface area contributed by atoms with Crippen LogP contribution in [-0.4, -0.2) is 6.54 Å². The zero-order valence-electron chi connectivity index (χ0n) is 6.90. The van der Waals surface area contributed by atoms with Gasteiger partial charge in [0.1, 0.15) is 4.88 Å². The van der Waals surface area contributed by atoms with E-state index in [1.807, 2.05) is 0 Å². The maximum atomic E-state index is 12.1. The molecule has 1 aromatic heterocycles. The molecule has 1 rings (SSSR count). The quantitative estimate of drug-likeness (QED) is 0.813. The van der Waals surface area contributed by atoms with Gasteiger partial charge in [0.05, 0.1) is 0 Å². The van der Waals surface area contributed by atoms with Crippen LogP contribution in [0.3, 0.4) is 0 Å². The molecule has 0 saturated carbocycles. The van der Waals surface area contributed by atoms with Crippen LogP contribution < -0.4 is 5.73 Å². The van der Waals surface area contributed by atoms with E-state index in [4.69, 9.17) is 5.73 Å². The Morgan fingerprint density at radius 2 is 2.00 bits per heavy atom. The molecule has 13 heavy (non-hydrogen) atoms. The molecule has 0 aliphatic heterocycles. The van der Waals surface area contributed by atoms with Crippen molar-refractivity contribution in [2.24, 2.45) is 5.73 Å². The molecule has 0 atom stereocenters. The lowest BCUT2D eigenvalue weighted by Crippen LogP contribution is -2.01. The second kappa shape index (κ2) is 4.11. The van der Waals surface area contributed by atoms with Gasteiger partial charge in [0.15, 0.2) is 0 Å². The Morgan fingerprint density at radius 1 is 1.31 bits per heavy atom. The van der Waals surface area contributed by atoms with Gasteiger partial charge in [0.25, 0.3) is 0 Å². The van der Waals surface area contributed by atoms with Gasteiger partial charge in [-0.3, -0.25) is 0 Å². The van der Waals surface area contributed by atoms with Gasteiger partial charge >= 0.3 is 6.18 Å². The highest BCUT2D eigenvalue weighted by Gasteiger charge is 2.32. The zero-order valence-corrected chi connectivity index (χ0v) is 7.71. The standard InChI is InChI=1S/C8H10F3NS/c9-8(10,11)7-4-3-6(13-7)2-1-5-12/h3-4H,1-2,5,12H2. The molecule has 0 fully saturated rings. The Bertz CT molecular complexity index is 267. The van der Waals surface area contributed by atoms with Crippen LogP contribution in [0.2, 0.25) is 0 Å². The van der Waals surface area contributed by atoms with Crippen LogP contribution in [0.5, 0.6) is 0 Å². The minimum Gasteiger partial charge on any atom is -0.330 e. The van der Waals surface area contributed by atoms with Crippen molar-refractivity contribution in [2.45, 2.75) is 19.0 Å². The fourth-order valence-electron chi connectivity index (χ4n) is 0.941. The lowest BCUT2D eigenvalue weighted by molar-refractivity contribution is -0.134. The van der Waals surface area contributed by atoms with E-state index in [2.05, 4.69) is 0 Å². The molecule has 1 aromatic rings. The first kappa shape index (κ1) is 10.5. The second-order valence-corrected chi connectivity index (χ2v) is 3.82. The number of halogens is 3. The number of hydrogen-bond acceptors (Lipinski definition) is 2. The first-order valence-corrected chi connectivity index (χ1v) is 4.71. The molecule has 1 heterocycles. The smallest absolute Gasteiger partial charge is 0.330 e. The van der Waals surface area contributed by atoms with E-state index < -0.39 is 11.1 Å². The fraction of sp³-hybridized carbons (Fsp3) is 0.500. The van der Waals surface area contributed by atoms with Crippen LogP contribution in [0.1, 0.15) is 16.2 Å². The molecule has 74 valence electrons. The minimum absolute atomic E-state index is 0.513. The third-order valence-electron chi connectivity index (χ3n) is 1.57. The van der Waals surface area contributed by atoms with E-state index >= 15 is 0 Å². The summed E-state index contributed by atoms with van der Waals surface area (Å²) in [6, 6.07) is 2.64. The molecule has 5 heteroatoms. The van der Waals surface area contributed by atoms with Crippen molar-refractivity contribution >= 4 is 11.3 Å². The number of alkyl halides is 3. The third kappa shape index (κ3) is 3.00. The van der Waals surface area contributed by atoms with E-state index in [-0.39, 0.29) is 0 Å². The molecule has 0 aliphatic carbocycles. The maximum Gasteiger partial charge on any atom is 0.425 e. The summed E-state index contributed by atoms with van der Waals surface area (Å²) in [5.74, 6) is 0. The molecule has 0 radical (unpaired) electrons. The topological polar surface area (TPSA) is 26.0 Å². The van der Waals surface area contributed by atoms with Gasteiger partial charge < -0.3 is 5.73 Å². The molecule has 0 saturated heterocycles. The van der Waals surface area contributed by atoms with Crippen molar-refractivity contribution in [1.29, 1.82) is 0 Å². The number of aryl methyl sites for hydroxylation is 1. The number of rotatable bonds is 3. The predicted octanol–water partition coefficient (Wildman–Crippen LogP) is 2.66. The first-order chi connectivity index (χ1) is 6.04. The van der Waals surface area contributed by atoms with Gasteiger partial charge in [-0.05, 0) is 31.5 Å². The Morgan fingerprint density at radius 3 is 2.46 bits per heavy atom. The highest BCUT2D eigenvalue weighted by Crippen LogP contribution is 2.34. The number of hydrogen-bond donors (Lipinski definition) is 1. The van der Waals surface area contributed by atoms with Gasteiger partial charge in [-0.2, -0.15) is 13.2 Å². The van der Waals surface area contributed by atoms with Gasteiger partial charge in [-0.15, -0.1) is 11.3 Å². The van der Waals surface area contributed by atoms with Crippen molar-refractivity contribution in [2.75, 3.05) is 6.54 Å². The summed E-state index contributed by atoms with van der Waals surface area (Å²) in [6.07, 6.45) is -2.83. The normalized spacial score (nSPS) is 12.0. The molecule has 0 aromatic carbocycles. The molecule has 0 unspecified atom stereocenters. The first-order valence-electron chi connectivity index (χ1n) is 3.90. The molecular weight excluding hydrogens is 199 g/mol. The maximum absolute atomic E-state index is 12.1. The van der Waals surface area contributed by atoms with Crippen molar-refractivity contribution in [3.05, 3.63) is 21.9 Å². The Labute approximate surface area is 78.4 Å². The predicted molar refractivity (Wildman–Crippen MR) is 46.7 cm³/mol. The summed E-state index contributed by atoms with van der Waals surface area (Å²) in [4.78, 5) is 0.220. The summed E-state index contributed by atoms with van der Waals surface area (Å²) < 4.78 is 36.3.